The molecule has 0 unspecified atom stereocenters. The predicted octanol–water partition coefficient (Wildman–Crippen LogP) is 11.9. The van der Waals surface area contributed by atoms with Crippen molar-refractivity contribution < 1.29 is 45.2 Å². The van der Waals surface area contributed by atoms with E-state index in [2.05, 4.69) is 92.7 Å². The molecular formula is C62H69BBr2F6N14O4. The highest BCUT2D eigenvalue weighted by molar-refractivity contribution is 9.10. The van der Waals surface area contributed by atoms with Gasteiger partial charge in [-0.15, -0.1) is 0 Å². The lowest BCUT2D eigenvalue weighted by Gasteiger charge is -2.38. The van der Waals surface area contributed by atoms with Gasteiger partial charge < -0.3 is 35.9 Å². The first-order valence-electron chi connectivity index (χ1n) is 29.0. The molecule has 3 aliphatic heterocycles. The minimum atomic E-state index is -2.71. The Morgan fingerprint density at radius 2 is 1.10 bits per heavy atom. The van der Waals surface area contributed by atoms with Crippen LogP contribution in [0.2, 0.25) is 0 Å². The second-order valence-electron chi connectivity index (χ2n) is 23.9. The number of Topliss-reactive ketones (excluding diaryl/α,β-unsaturated/α-hetero) is 1. The third kappa shape index (κ3) is 18.5. The van der Waals surface area contributed by atoms with E-state index in [9.17, 15) is 35.9 Å². The number of nitrogens with one attached hydrogen (secondary N) is 3. The predicted molar refractivity (Wildman–Crippen MR) is 334 cm³/mol. The van der Waals surface area contributed by atoms with Crippen LogP contribution in [0, 0.1) is 26.7 Å². The van der Waals surface area contributed by atoms with E-state index in [1.54, 1.807) is 62.4 Å². The number of carbonyl (C=O) groups excluding carboxylic acids is 2. The van der Waals surface area contributed by atoms with Crippen molar-refractivity contribution in [1.29, 1.82) is 0 Å². The maximum atomic E-state index is 13.1. The van der Waals surface area contributed by atoms with Gasteiger partial charge in [-0.05, 0) is 183 Å². The Balaban J connectivity index is 0.000000146. The molecule has 3 aliphatic carbocycles. The lowest BCUT2D eigenvalue weighted by Crippen LogP contribution is -2.58. The van der Waals surface area contributed by atoms with Crippen molar-refractivity contribution in [3.8, 4) is 11.1 Å². The Morgan fingerprint density at radius 1 is 0.607 bits per heavy atom. The maximum absolute atomic E-state index is 13.1. The average molecular weight is 1360 g/mol. The zero-order valence-electron chi connectivity index (χ0n) is 50.2. The first-order chi connectivity index (χ1) is 42.0. The Kier molecular flexibility index (Phi) is 20.6. The third-order valence-electron chi connectivity index (χ3n) is 15.8. The van der Waals surface area contributed by atoms with Gasteiger partial charge in [0.25, 0.3) is 11.8 Å². The van der Waals surface area contributed by atoms with Crippen molar-refractivity contribution in [2.75, 3.05) is 42.5 Å². The van der Waals surface area contributed by atoms with Crippen LogP contribution < -0.4 is 27.1 Å². The van der Waals surface area contributed by atoms with E-state index in [0.717, 1.165) is 89.7 Å². The Bertz CT molecular complexity index is 3640. The number of hydrogen-bond donors (Lipinski definition) is 4. The van der Waals surface area contributed by atoms with Crippen LogP contribution in [0.15, 0.2) is 107 Å². The largest absolute Gasteiger partial charge is 0.495 e. The number of ketones is 1. The van der Waals surface area contributed by atoms with E-state index in [1.807, 2.05) is 84.0 Å². The van der Waals surface area contributed by atoms with Crippen molar-refractivity contribution in [2.24, 2.45) is 5.92 Å². The van der Waals surface area contributed by atoms with Gasteiger partial charge in [0, 0.05) is 106 Å². The smallest absolute Gasteiger partial charge is 0.399 e. The van der Waals surface area contributed by atoms with E-state index in [1.165, 1.54) is 17.7 Å². The summed E-state index contributed by atoms with van der Waals surface area (Å²) < 4.78 is 88.4. The number of halogens is 8. The van der Waals surface area contributed by atoms with Crippen LogP contribution in [0.4, 0.5) is 55.3 Å². The van der Waals surface area contributed by atoms with Crippen molar-refractivity contribution in [2.45, 2.75) is 141 Å². The number of amides is 1. The van der Waals surface area contributed by atoms with Gasteiger partial charge >= 0.3 is 7.12 Å². The number of rotatable bonds is 13. The molecule has 13 rings (SSSR count). The van der Waals surface area contributed by atoms with Crippen LogP contribution >= 0.6 is 31.9 Å². The first kappa shape index (κ1) is 66.4. The van der Waals surface area contributed by atoms with E-state index in [4.69, 9.17) is 15.0 Å². The second kappa shape index (κ2) is 27.6. The normalized spacial score (nSPS) is 18.6. The Morgan fingerprint density at radius 3 is 1.60 bits per heavy atom. The maximum Gasteiger partial charge on any atom is 0.495 e. The summed E-state index contributed by atoms with van der Waals surface area (Å²) in [6.07, 6.45) is 16.3. The first-order valence-corrected chi connectivity index (χ1v) is 30.6. The van der Waals surface area contributed by atoms with E-state index in [0.29, 0.717) is 29.3 Å². The molecule has 5 N–H and O–H groups in total. The third-order valence-corrected chi connectivity index (χ3v) is 16.7. The van der Waals surface area contributed by atoms with Gasteiger partial charge in [0.15, 0.2) is 0 Å². The van der Waals surface area contributed by atoms with Gasteiger partial charge in [-0.1, -0.05) is 0 Å². The number of pyridine rings is 5. The summed E-state index contributed by atoms with van der Waals surface area (Å²) in [5, 5.41) is 8.94. The van der Waals surface area contributed by atoms with Gasteiger partial charge in [0.1, 0.15) is 40.7 Å². The summed E-state index contributed by atoms with van der Waals surface area (Å²) in [4.78, 5) is 64.4. The number of alkyl halides is 6. The topological polar surface area (TPSA) is 234 Å². The highest BCUT2D eigenvalue weighted by Crippen LogP contribution is 2.44. The molecule has 7 aromatic rings. The molecule has 0 bridgehead atoms. The summed E-state index contributed by atoms with van der Waals surface area (Å²) in [5.74, 6) is -3.23. The standard InChI is InChI=1S/C24H23F2N5O.C18H23BN4O2.C11H11BrF2N2O.C6H7BrN2.C3H5F2N/c1-14-17(9-20(32)19-11-24(25,26)12-19)8-18(13-29-14)16-4-6-27-22(10-16)30-21-5-7-28-23(31-21)15-2-3-15;1-17(2)18(3,4)25-19(24-17)13-7-9-20-15(11-13)22-14-8-10-21-16(23-14)12-5-6-12;1-7-8(2-9(12)4-15-7)3-10(17)16-5-11(13,14)6-16;1-4-6(8)2-5(7)3-9-4;4-3(5)1-6-2-3/h4-8,10,13,15,19H,2-3,9,11-12H2,1H3,(H,27,28,30,31);7-12H,5-6H2,1-4H3,(H,20,21,22,23);2,4H,3,5-6H2,1H3;2-3H,8H2,1H3;6H,1-2H2. The van der Waals surface area contributed by atoms with Crippen LogP contribution in [-0.4, -0.2) is 124 Å². The zero-order chi connectivity index (χ0) is 64.1. The molecular weight excluding hydrogens is 1290 g/mol. The number of hydrogen-bond acceptors (Lipinski definition) is 17. The molecule has 6 fully saturated rings. The fourth-order valence-corrected chi connectivity index (χ4v) is 9.94. The Labute approximate surface area is 529 Å². The number of aromatic nitrogens is 9. The van der Waals surface area contributed by atoms with Crippen LogP contribution in [0.25, 0.3) is 11.1 Å². The van der Waals surface area contributed by atoms with Crippen LogP contribution in [0.5, 0.6) is 0 Å². The highest BCUT2D eigenvalue weighted by atomic mass is 79.9. The van der Waals surface area contributed by atoms with Crippen molar-refractivity contribution in [3.63, 3.8) is 0 Å². The summed E-state index contributed by atoms with van der Waals surface area (Å²) in [5.41, 5.74) is 12.1. The summed E-state index contributed by atoms with van der Waals surface area (Å²) >= 11 is 6.52. The molecule has 3 saturated carbocycles. The fourth-order valence-electron chi connectivity index (χ4n) is 9.21. The molecule has 7 aromatic heterocycles. The minimum absolute atomic E-state index is 0.119. The fraction of sp³-hybridized carbons (Fsp3) is 0.435. The van der Waals surface area contributed by atoms with Gasteiger partial charge in [-0.3, -0.25) is 24.5 Å². The quantitative estimate of drug-likeness (QED) is 0.0620. The lowest BCUT2D eigenvalue weighted by atomic mass is 9.77. The van der Waals surface area contributed by atoms with Crippen molar-refractivity contribution in [3.05, 3.63) is 147 Å². The molecule has 1 amide bonds. The Hall–Kier alpha value is -7.07. The van der Waals surface area contributed by atoms with Crippen LogP contribution in [0.1, 0.15) is 118 Å². The zero-order valence-corrected chi connectivity index (χ0v) is 53.4. The second-order valence-corrected chi connectivity index (χ2v) is 25.8. The van der Waals surface area contributed by atoms with Crippen molar-refractivity contribution >= 4 is 85.1 Å². The number of nitrogen functional groups attached to an aromatic ring is 1. The lowest BCUT2D eigenvalue weighted by molar-refractivity contribution is -0.165. The van der Waals surface area contributed by atoms with E-state index < -0.39 is 43.9 Å². The number of aryl methyl sites for hydroxylation is 3. The molecule has 0 atom stereocenters. The van der Waals surface area contributed by atoms with Gasteiger partial charge in [-0.2, -0.15) is 0 Å². The summed E-state index contributed by atoms with van der Waals surface area (Å²) in [6.45, 7) is 12.5. The number of likely N-dealkylation sites (tertiary alicyclic amines) is 1. The number of anilines is 5. The average Bonchev–Trinajstić information content (AvgIpc) is 1.79. The molecule has 3 saturated heterocycles. The number of carbonyl (C=O) groups is 2. The number of nitrogens with zero attached hydrogens (tertiary/aromatic N) is 10. The van der Waals surface area contributed by atoms with Crippen LogP contribution in [0.3, 0.4) is 0 Å². The summed E-state index contributed by atoms with van der Waals surface area (Å²) in [6, 6.07) is 16.8. The van der Waals surface area contributed by atoms with Crippen LogP contribution in [-0.2, 0) is 31.7 Å². The van der Waals surface area contributed by atoms with E-state index in [-0.39, 0.29) is 61.7 Å². The van der Waals surface area contributed by atoms with Crippen molar-refractivity contribution in [1.82, 2.24) is 55.1 Å². The highest BCUT2D eigenvalue weighted by Gasteiger charge is 2.52. The van der Waals surface area contributed by atoms with Gasteiger partial charge in [-0.25, -0.2) is 56.2 Å². The molecule has 27 heteroatoms. The minimum Gasteiger partial charge on any atom is -0.399 e. The van der Waals surface area contributed by atoms with E-state index >= 15 is 0 Å². The molecule has 0 aromatic carbocycles. The molecule has 10 heterocycles. The molecule has 0 radical (unpaired) electrons. The summed E-state index contributed by atoms with van der Waals surface area (Å²) in [7, 11) is -0.402. The molecule has 18 nitrogen and oxygen atoms in total. The monoisotopic (exact) mass is 1360 g/mol. The molecule has 470 valence electrons. The van der Waals surface area contributed by atoms with Gasteiger partial charge in [0.05, 0.1) is 55.2 Å². The SMILES string of the molecule is CC1(C)OB(c2ccnc(Nc3ccnc(C4CC4)n3)c2)OC1(C)C.Cc1ncc(-c2ccnc(Nc3ccnc(C4CC4)n3)c2)cc1CC(=O)C1CC(F)(F)C1.Cc1ncc(Br)cc1CC(=O)N1CC(F)(F)C1.Cc1ncc(Br)cc1N.FC1(F)CNC1. The van der Waals surface area contributed by atoms with Gasteiger partial charge in [0.2, 0.25) is 11.8 Å². The molecule has 6 aliphatic rings. The molecule has 0 spiro atoms. The molecule has 89 heavy (non-hydrogen) atoms. The number of nitrogens with two attached hydrogens (primary N) is 1.